The van der Waals surface area contributed by atoms with E-state index in [4.69, 9.17) is 9.47 Å². The number of carbonyl (C=O) groups is 2. The van der Waals surface area contributed by atoms with Crippen molar-refractivity contribution in [3.63, 3.8) is 0 Å². The third-order valence-electron chi connectivity index (χ3n) is 6.10. The molecule has 0 spiro atoms. The van der Waals surface area contributed by atoms with Crippen LogP contribution in [0.1, 0.15) is 49.8 Å². The molecule has 1 fully saturated rings. The molecule has 0 aliphatic carbocycles. The number of unbranched alkanes of at least 4 members (excludes halogenated alkanes) is 2. The number of benzene rings is 2. The van der Waals surface area contributed by atoms with E-state index in [-0.39, 0.29) is 11.3 Å². The van der Waals surface area contributed by atoms with Crippen molar-refractivity contribution in [2.45, 2.75) is 38.6 Å². The van der Waals surface area contributed by atoms with E-state index in [9.17, 15) is 14.7 Å². The van der Waals surface area contributed by atoms with Crippen molar-refractivity contribution in [1.29, 1.82) is 0 Å². The third-order valence-corrected chi connectivity index (χ3v) is 6.10. The Kier molecular flexibility index (Phi) is 9.32. The number of hydrogen-bond acceptors (Lipinski definition) is 6. The molecule has 3 rings (SSSR count). The van der Waals surface area contributed by atoms with Crippen LogP contribution >= 0.6 is 0 Å². The number of ketones is 1. The summed E-state index contributed by atoms with van der Waals surface area (Å²) in [7, 11) is 5.49. The Bertz CT molecular complexity index is 1050. The van der Waals surface area contributed by atoms with Gasteiger partial charge in [0, 0.05) is 12.1 Å². The van der Waals surface area contributed by atoms with Crippen molar-refractivity contribution in [2.75, 3.05) is 40.9 Å². The lowest BCUT2D eigenvalue weighted by Crippen LogP contribution is -2.32. The first kappa shape index (κ1) is 26.3. The summed E-state index contributed by atoms with van der Waals surface area (Å²) >= 11 is 0. The van der Waals surface area contributed by atoms with Crippen LogP contribution in [0.4, 0.5) is 0 Å². The fourth-order valence-corrected chi connectivity index (χ4v) is 4.24. The highest BCUT2D eigenvalue weighted by atomic mass is 16.5. The van der Waals surface area contributed by atoms with Gasteiger partial charge in [-0.2, -0.15) is 0 Å². The van der Waals surface area contributed by atoms with Crippen LogP contribution in [0.3, 0.4) is 0 Å². The van der Waals surface area contributed by atoms with Crippen molar-refractivity contribution in [3.8, 4) is 11.5 Å². The van der Waals surface area contributed by atoms with Crippen LogP contribution in [0.25, 0.3) is 5.76 Å². The summed E-state index contributed by atoms with van der Waals surface area (Å²) in [6.07, 6.45) is 3.86. The molecule has 1 saturated heterocycles. The van der Waals surface area contributed by atoms with Gasteiger partial charge in [0.05, 0.1) is 25.3 Å². The van der Waals surface area contributed by atoms with Gasteiger partial charge in [-0.25, -0.2) is 0 Å². The van der Waals surface area contributed by atoms with Gasteiger partial charge in [-0.1, -0.05) is 31.9 Å². The molecule has 0 saturated carbocycles. The zero-order chi connectivity index (χ0) is 25.4. The van der Waals surface area contributed by atoms with Crippen LogP contribution in [0.2, 0.25) is 0 Å². The Balaban J connectivity index is 2.01. The van der Waals surface area contributed by atoms with Crippen molar-refractivity contribution in [1.82, 2.24) is 9.80 Å². The average molecular weight is 481 g/mol. The van der Waals surface area contributed by atoms with Gasteiger partial charge in [-0.05, 0) is 75.4 Å². The molecule has 1 heterocycles. The molecule has 1 unspecified atom stereocenters. The van der Waals surface area contributed by atoms with Gasteiger partial charge in [-0.15, -0.1) is 0 Å². The standard InChI is InChI=1S/C28H36N2O5/c1-5-6-7-18-35-23-11-8-10-21(19-23)25-24(26(31)20-12-14-22(34-4)15-13-20)27(32)28(33)30(25)17-9-16-29(2)3/h8,10-15,19,25,31H,5-7,9,16-18H2,1-4H3. The second-order valence-corrected chi connectivity index (χ2v) is 9.01. The number of methoxy groups -OCH3 is 1. The maximum atomic E-state index is 13.2. The number of rotatable bonds is 12. The van der Waals surface area contributed by atoms with Crippen molar-refractivity contribution >= 4 is 17.4 Å². The molecule has 0 aromatic heterocycles. The number of Topliss-reactive ketones (excluding diaryl/α,β-unsaturated/α-hetero) is 1. The van der Waals surface area contributed by atoms with E-state index in [0.717, 1.165) is 31.4 Å². The van der Waals surface area contributed by atoms with Crippen LogP contribution in [0.15, 0.2) is 54.1 Å². The average Bonchev–Trinajstić information content (AvgIpc) is 3.11. The van der Waals surface area contributed by atoms with Gasteiger partial charge in [0.2, 0.25) is 0 Å². The lowest BCUT2D eigenvalue weighted by atomic mass is 9.95. The lowest BCUT2D eigenvalue weighted by molar-refractivity contribution is -0.139. The molecule has 1 aliphatic rings. The molecule has 1 amide bonds. The Morgan fingerprint density at radius 3 is 2.43 bits per heavy atom. The molecule has 1 N–H and O–H groups in total. The van der Waals surface area contributed by atoms with Crippen LogP contribution in [-0.4, -0.2) is 67.5 Å². The van der Waals surface area contributed by atoms with Gasteiger partial charge in [-0.3, -0.25) is 9.59 Å². The Morgan fingerprint density at radius 2 is 1.77 bits per heavy atom. The highest BCUT2D eigenvalue weighted by molar-refractivity contribution is 6.46. The number of hydrogen-bond donors (Lipinski definition) is 1. The fraction of sp³-hybridized carbons (Fsp3) is 0.429. The molecule has 35 heavy (non-hydrogen) atoms. The highest BCUT2D eigenvalue weighted by Gasteiger charge is 2.45. The minimum atomic E-state index is -0.696. The number of amides is 1. The Morgan fingerprint density at radius 1 is 1.03 bits per heavy atom. The number of aliphatic hydroxyl groups excluding tert-OH is 1. The first-order chi connectivity index (χ1) is 16.9. The second-order valence-electron chi connectivity index (χ2n) is 9.01. The highest BCUT2D eigenvalue weighted by Crippen LogP contribution is 2.40. The van der Waals surface area contributed by atoms with E-state index >= 15 is 0 Å². The molecule has 0 bridgehead atoms. The molecule has 2 aromatic rings. The molecular formula is C28H36N2O5. The molecule has 1 aliphatic heterocycles. The summed E-state index contributed by atoms with van der Waals surface area (Å²) in [5.41, 5.74) is 1.28. The number of ether oxygens (including phenoxy) is 2. The summed E-state index contributed by atoms with van der Waals surface area (Å²) in [4.78, 5) is 29.9. The maximum absolute atomic E-state index is 13.2. The van der Waals surface area contributed by atoms with Gasteiger partial charge >= 0.3 is 0 Å². The number of nitrogens with zero attached hydrogens (tertiary/aromatic N) is 2. The minimum absolute atomic E-state index is 0.0909. The van der Waals surface area contributed by atoms with E-state index in [1.54, 1.807) is 36.3 Å². The van der Waals surface area contributed by atoms with Gasteiger partial charge in [0.1, 0.15) is 17.3 Å². The zero-order valence-corrected chi connectivity index (χ0v) is 21.1. The topological polar surface area (TPSA) is 79.3 Å². The molecular weight excluding hydrogens is 444 g/mol. The van der Waals surface area contributed by atoms with E-state index in [1.165, 1.54) is 0 Å². The molecule has 7 heteroatoms. The first-order valence-corrected chi connectivity index (χ1v) is 12.2. The molecule has 7 nitrogen and oxygen atoms in total. The van der Waals surface area contributed by atoms with E-state index in [2.05, 4.69) is 6.92 Å². The van der Waals surface area contributed by atoms with Gasteiger partial charge in [0.15, 0.2) is 0 Å². The fourth-order valence-electron chi connectivity index (χ4n) is 4.24. The van der Waals surface area contributed by atoms with Crippen LogP contribution in [0.5, 0.6) is 11.5 Å². The predicted molar refractivity (Wildman–Crippen MR) is 137 cm³/mol. The smallest absolute Gasteiger partial charge is 0.295 e. The summed E-state index contributed by atoms with van der Waals surface area (Å²) in [6.45, 7) is 3.91. The molecule has 2 aromatic carbocycles. The first-order valence-electron chi connectivity index (χ1n) is 12.2. The zero-order valence-electron chi connectivity index (χ0n) is 21.1. The second kappa shape index (κ2) is 12.4. The van der Waals surface area contributed by atoms with Gasteiger partial charge < -0.3 is 24.4 Å². The summed E-state index contributed by atoms with van der Waals surface area (Å²) in [6, 6.07) is 13.5. The summed E-state index contributed by atoms with van der Waals surface area (Å²) < 4.78 is 11.1. The summed E-state index contributed by atoms with van der Waals surface area (Å²) in [5, 5.41) is 11.2. The molecule has 0 radical (unpaired) electrons. The molecule has 188 valence electrons. The quantitative estimate of drug-likeness (QED) is 0.206. The SMILES string of the molecule is CCCCCOc1cccc(C2C(=C(O)c3ccc(OC)cc3)C(=O)C(=O)N2CCCN(C)C)c1. The van der Waals surface area contributed by atoms with Crippen LogP contribution in [-0.2, 0) is 9.59 Å². The number of likely N-dealkylation sites (tertiary alicyclic amines) is 1. The monoisotopic (exact) mass is 480 g/mol. The van der Waals surface area contributed by atoms with Crippen LogP contribution < -0.4 is 9.47 Å². The van der Waals surface area contributed by atoms with Gasteiger partial charge in [0.25, 0.3) is 11.7 Å². The normalized spacial score (nSPS) is 17.3. The van der Waals surface area contributed by atoms with E-state index in [0.29, 0.717) is 36.6 Å². The largest absolute Gasteiger partial charge is 0.507 e. The van der Waals surface area contributed by atoms with Crippen molar-refractivity contribution in [2.24, 2.45) is 0 Å². The predicted octanol–water partition coefficient (Wildman–Crippen LogP) is 4.64. The number of aliphatic hydroxyl groups is 1. The maximum Gasteiger partial charge on any atom is 0.295 e. The Hall–Kier alpha value is -3.32. The lowest BCUT2D eigenvalue weighted by Gasteiger charge is -2.26. The van der Waals surface area contributed by atoms with Crippen molar-refractivity contribution in [3.05, 3.63) is 65.2 Å². The molecule has 1 atom stereocenters. The Labute approximate surface area is 207 Å². The van der Waals surface area contributed by atoms with Crippen molar-refractivity contribution < 1.29 is 24.2 Å². The number of carbonyl (C=O) groups excluding carboxylic acids is 2. The summed E-state index contributed by atoms with van der Waals surface area (Å²) in [5.74, 6) is -0.155. The minimum Gasteiger partial charge on any atom is -0.507 e. The van der Waals surface area contributed by atoms with E-state index < -0.39 is 17.7 Å². The van der Waals surface area contributed by atoms with E-state index in [1.807, 2.05) is 43.3 Å². The van der Waals surface area contributed by atoms with Crippen LogP contribution in [0, 0.1) is 0 Å². The third kappa shape index (κ3) is 6.42.